The lowest BCUT2D eigenvalue weighted by Crippen LogP contribution is -2.29. The Morgan fingerprint density at radius 3 is 2.64 bits per heavy atom. The summed E-state index contributed by atoms with van der Waals surface area (Å²) in [5, 5.41) is 10.7. The molecule has 0 unspecified atom stereocenters. The van der Waals surface area contributed by atoms with Gasteiger partial charge in [-0.05, 0) is 75.4 Å². The van der Waals surface area contributed by atoms with E-state index in [0.29, 0.717) is 11.1 Å². The van der Waals surface area contributed by atoms with E-state index in [1.165, 1.54) is 7.11 Å². The van der Waals surface area contributed by atoms with Crippen molar-refractivity contribution in [3.8, 4) is 22.6 Å². The predicted octanol–water partition coefficient (Wildman–Crippen LogP) is 4.72. The smallest absolute Gasteiger partial charge is 0.339 e. The fraction of sp³-hybridized carbons (Fsp3) is 0.435. The van der Waals surface area contributed by atoms with Crippen molar-refractivity contribution < 1.29 is 24.1 Å². The number of rotatable bonds is 4. The number of phenolic OH excluding ortho intramolecular Hbond substituents is 1. The zero-order valence-electron chi connectivity index (χ0n) is 17.2. The molecule has 0 saturated carbocycles. The summed E-state index contributed by atoms with van der Waals surface area (Å²) < 4.78 is 16.8. The van der Waals surface area contributed by atoms with E-state index in [1.807, 2.05) is 45.9 Å². The van der Waals surface area contributed by atoms with Gasteiger partial charge in [0.1, 0.15) is 11.5 Å². The highest BCUT2D eigenvalue weighted by atomic mass is 16.6. The highest BCUT2D eigenvalue weighted by molar-refractivity contribution is 5.85. The Bertz CT molecular complexity index is 879. The Labute approximate surface area is 166 Å². The topological polar surface area (TPSA) is 65.0 Å². The van der Waals surface area contributed by atoms with Crippen molar-refractivity contribution in [1.82, 2.24) is 0 Å². The van der Waals surface area contributed by atoms with E-state index >= 15 is 0 Å². The quantitative estimate of drug-likeness (QED) is 0.773. The molecular weight excluding hydrogens is 356 g/mol. The van der Waals surface area contributed by atoms with Gasteiger partial charge in [-0.25, -0.2) is 4.79 Å². The second-order valence-electron chi connectivity index (χ2n) is 8.10. The molecule has 1 heterocycles. The van der Waals surface area contributed by atoms with Gasteiger partial charge < -0.3 is 19.3 Å². The third-order valence-electron chi connectivity index (χ3n) is 4.79. The van der Waals surface area contributed by atoms with Crippen molar-refractivity contribution in [2.24, 2.45) is 0 Å². The number of aryl methyl sites for hydroxylation is 2. The van der Waals surface area contributed by atoms with Gasteiger partial charge in [-0.3, -0.25) is 0 Å². The Kier molecular flexibility index (Phi) is 5.66. The minimum Gasteiger partial charge on any atom is -0.507 e. The molecule has 0 aliphatic carbocycles. The first kappa shape index (κ1) is 20.2. The number of aromatic hydroxyl groups is 1. The molecule has 28 heavy (non-hydrogen) atoms. The van der Waals surface area contributed by atoms with Gasteiger partial charge in [0, 0.05) is 11.1 Å². The third-order valence-corrected chi connectivity index (χ3v) is 4.79. The molecule has 1 aliphatic heterocycles. The van der Waals surface area contributed by atoms with Crippen LogP contribution in [0.3, 0.4) is 0 Å². The lowest BCUT2D eigenvalue weighted by Gasteiger charge is -2.29. The number of hydrogen-bond donors (Lipinski definition) is 1. The zero-order valence-corrected chi connectivity index (χ0v) is 17.2. The molecule has 0 spiro atoms. The van der Waals surface area contributed by atoms with Crippen LogP contribution in [0.2, 0.25) is 0 Å². The van der Waals surface area contributed by atoms with Crippen LogP contribution >= 0.6 is 0 Å². The zero-order chi connectivity index (χ0) is 20.5. The molecule has 2 aromatic carbocycles. The van der Waals surface area contributed by atoms with Crippen LogP contribution in [-0.2, 0) is 20.7 Å². The number of esters is 1. The van der Waals surface area contributed by atoms with E-state index in [4.69, 9.17) is 14.2 Å². The molecule has 5 nitrogen and oxygen atoms in total. The molecule has 0 radical (unpaired) electrons. The maximum atomic E-state index is 12.6. The van der Waals surface area contributed by atoms with Crippen molar-refractivity contribution in [1.29, 1.82) is 0 Å². The summed E-state index contributed by atoms with van der Waals surface area (Å²) in [6, 6.07) is 9.30. The predicted molar refractivity (Wildman–Crippen MR) is 108 cm³/mol. The molecule has 5 heteroatoms. The lowest BCUT2D eigenvalue weighted by atomic mass is 9.89. The monoisotopic (exact) mass is 384 g/mol. The number of benzene rings is 2. The van der Waals surface area contributed by atoms with Gasteiger partial charge in [-0.15, -0.1) is 0 Å². The largest absolute Gasteiger partial charge is 0.507 e. The minimum absolute atomic E-state index is 0.101. The first-order valence-electron chi connectivity index (χ1n) is 9.55. The summed E-state index contributed by atoms with van der Waals surface area (Å²) in [4.78, 5) is 12.6. The van der Waals surface area contributed by atoms with Gasteiger partial charge in [-0.1, -0.05) is 12.1 Å². The molecule has 0 amide bonds. The minimum atomic E-state index is -0.945. The van der Waals surface area contributed by atoms with Crippen LogP contribution in [0.25, 0.3) is 11.1 Å². The van der Waals surface area contributed by atoms with Crippen LogP contribution in [0.15, 0.2) is 30.3 Å². The molecule has 0 saturated heterocycles. The molecule has 1 atom stereocenters. The van der Waals surface area contributed by atoms with Crippen LogP contribution in [0, 0.1) is 6.92 Å². The Balaban J connectivity index is 2.19. The van der Waals surface area contributed by atoms with E-state index < -0.39 is 17.7 Å². The highest BCUT2D eigenvalue weighted by Gasteiger charge is 2.32. The SMILES string of the molecule is COC(=O)[C@@H](OC(C)(C)C)c1c(C)ccc(O)c1-c1ccc2c(c1)CCCO2. The van der Waals surface area contributed by atoms with Gasteiger partial charge in [0.05, 0.1) is 19.3 Å². The van der Waals surface area contributed by atoms with Crippen molar-refractivity contribution >= 4 is 5.97 Å². The Hall–Kier alpha value is -2.53. The molecule has 1 aliphatic rings. The number of fused-ring (bicyclic) bond motifs is 1. The average molecular weight is 384 g/mol. The second kappa shape index (κ2) is 7.84. The molecule has 1 N–H and O–H groups in total. The third kappa shape index (κ3) is 4.14. The second-order valence-corrected chi connectivity index (χ2v) is 8.10. The van der Waals surface area contributed by atoms with E-state index in [-0.39, 0.29) is 5.75 Å². The van der Waals surface area contributed by atoms with Crippen molar-refractivity contribution in [2.75, 3.05) is 13.7 Å². The van der Waals surface area contributed by atoms with Gasteiger partial charge in [-0.2, -0.15) is 0 Å². The number of ether oxygens (including phenoxy) is 3. The number of carbonyl (C=O) groups excluding carboxylic acids is 1. The molecular formula is C23H28O5. The van der Waals surface area contributed by atoms with Gasteiger partial charge >= 0.3 is 5.97 Å². The maximum absolute atomic E-state index is 12.6. The lowest BCUT2D eigenvalue weighted by molar-refractivity contribution is -0.164. The van der Waals surface area contributed by atoms with E-state index in [1.54, 1.807) is 12.1 Å². The number of phenols is 1. The van der Waals surface area contributed by atoms with Crippen LogP contribution in [0.4, 0.5) is 0 Å². The fourth-order valence-corrected chi connectivity index (χ4v) is 3.55. The van der Waals surface area contributed by atoms with E-state index in [9.17, 15) is 9.90 Å². The average Bonchev–Trinajstić information content (AvgIpc) is 2.66. The van der Waals surface area contributed by atoms with Crippen LogP contribution in [-0.4, -0.2) is 30.4 Å². The number of carbonyl (C=O) groups is 1. The maximum Gasteiger partial charge on any atom is 0.339 e. The van der Waals surface area contributed by atoms with Gasteiger partial charge in [0.2, 0.25) is 0 Å². The van der Waals surface area contributed by atoms with E-state index in [0.717, 1.165) is 41.9 Å². The van der Waals surface area contributed by atoms with Crippen LogP contribution in [0.1, 0.15) is 50.0 Å². The normalized spacial score (nSPS) is 14.8. The summed E-state index contributed by atoms with van der Waals surface area (Å²) in [6.07, 6.45) is 0.935. The molecule has 0 fully saturated rings. The molecule has 3 rings (SSSR count). The molecule has 2 aromatic rings. The summed E-state index contributed by atoms with van der Waals surface area (Å²) >= 11 is 0. The standard InChI is InChI=1S/C23H28O5/c1-14-8-10-17(24)20(16-9-11-18-15(13-16)7-6-12-27-18)19(14)21(22(25)26-5)28-23(2,3)4/h8-11,13,21,24H,6-7,12H2,1-5H3/t21-/m0/s1. The summed E-state index contributed by atoms with van der Waals surface area (Å²) in [5.74, 6) is 0.481. The summed E-state index contributed by atoms with van der Waals surface area (Å²) in [6.45, 7) is 8.28. The number of methoxy groups -OCH3 is 1. The summed E-state index contributed by atoms with van der Waals surface area (Å²) in [5.41, 5.74) is 3.42. The first-order chi connectivity index (χ1) is 13.2. The molecule has 0 bridgehead atoms. The number of hydrogen-bond acceptors (Lipinski definition) is 5. The fourth-order valence-electron chi connectivity index (χ4n) is 3.55. The van der Waals surface area contributed by atoms with Gasteiger partial charge in [0.25, 0.3) is 0 Å². The van der Waals surface area contributed by atoms with Crippen LogP contribution in [0.5, 0.6) is 11.5 Å². The summed E-state index contributed by atoms with van der Waals surface area (Å²) in [7, 11) is 1.34. The first-order valence-corrected chi connectivity index (χ1v) is 9.55. The Morgan fingerprint density at radius 2 is 1.96 bits per heavy atom. The van der Waals surface area contributed by atoms with Gasteiger partial charge in [0.15, 0.2) is 6.10 Å². The Morgan fingerprint density at radius 1 is 1.21 bits per heavy atom. The highest BCUT2D eigenvalue weighted by Crippen LogP contribution is 2.42. The molecule has 150 valence electrons. The molecule has 0 aromatic heterocycles. The van der Waals surface area contributed by atoms with E-state index in [2.05, 4.69) is 0 Å². The van der Waals surface area contributed by atoms with Crippen LogP contribution < -0.4 is 4.74 Å². The van der Waals surface area contributed by atoms with Crippen molar-refractivity contribution in [2.45, 2.75) is 52.2 Å². The van der Waals surface area contributed by atoms with Crippen molar-refractivity contribution in [3.05, 3.63) is 47.0 Å². The van der Waals surface area contributed by atoms with Crippen molar-refractivity contribution in [3.63, 3.8) is 0 Å².